The molecule has 0 aromatic carbocycles. The van der Waals surface area contributed by atoms with Crippen LogP contribution >= 0.6 is 0 Å². The number of allylic oxidation sites excluding steroid dienone is 5. The van der Waals surface area contributed by atoms with Crippen molar-refractivity contribution in [1.29, 1.82) is 0 Å². The number of carbonyl (C=O) groups excluding carboxylic acids is 2. The molecule has 86 valence electrons. The van der Waals surface area contributed by atoms with Gasteiger partial charge >= 0.3 is 0 Å². The first-order valence-electron chi connectivity index (χ1n) is 5.12. The summed E-state index contributed by atoms with van der Waals surface area (Å²) < 4.78 is 0. The lowest BCUT2D eigenvalue weighted by Crippen LogP contribution is -2.34. The van der Waals surface area contributed by atoms with Crippen molar-refractivity contribution in [2.45, 2.75) is 13.3 Å². The van der Waals surface area contributed by atoms with Crippen LogP contribution in [-0.2, 0) is 9.59 Å². The lowest BCUT2D eigenvalue weighted by Gasteiger charge is -2.17. The zero-order chi connectivity index (χ0) is 12.0. The molecular formula is C12H16N2O2. The van der Waals surface area contributed by atoms with Crippen LogP contribution in [0.4, 0.5) is 0 Å². The molecule has 0 saturated carbocycles. The van der Waals surface area contributed by atoms with E-state index in [9.17, 15) is 9.59 Å². The number of nitrogens with zero attached hydrogens (tertiary/aromatic N) is 1. The van der Waals surface area contributed by atoms with E-state index in [2.05, 4.69) is 5.32 Å². The van der Waals surface area contributed by atoms with Gasteiger partial charge in [0.05, 0.1) is 6.54 Å². The highest BCUT2D eigenvalue weighted by atomic mass is 16.2. The van der Waals surface area contributed by atoms with Crippen molar-refractivity contribution in [1.82, 2.24) is 10.2 Å². The topological polar surface area (TPSA) is 49.4 Å². The third-order valence-corrected chi connectivity index (χ3v) is 2.37. The zero-order valence-electron chi connectivity index (χ0n) is 9.56. The van der Waals surface area contributed by atoms with Crippen molar-refractivity contribution in [3.05, 3.63) is 35.6 Å². The molecule has 0 atom stereocenters. The summed E-state index contributed by atoms with van der Waals surface area (Å²) in [6.07, 6.45) is 9.24. The number of rotatable bonds is 4. The molecule has 0 aromatic heterocycles. The van der Waals surface area contributed by atoms with Gasteiger partial charge in [-0.15, -0.1) is 0 Å². The maximum atomic E-state index is 11.6. The molecule has 16 heavy (non-hydrogen) atoms. The van der Waals surface area contributed by atoms with Crippen LogP contribution in [0.25, 0.3) is 0 Å². The Hall–Kier alpha value is -1.84. The Bertz CT molecular complexity index is 367. The number of likely N-dealkylation sites (N-methyl/N-ethyl adjacent to an activating group) is 1. The van der Waals surface area contributed by atoms with Crippen LogP contribution in [0.3, 0.4) is 0 Å². The first-order chi connectivity index (χ1) is 7.65. The van der Waals surface area contributed by atoms with Gasteiger partial charge in [-0.2, -0.15) is 0 Å². The number of hydrogen-bond donors (Lipinski definition) is 1. The monoisotopic (exact) mass is 220 g/mol. The molecule has 0 fully saturated rings. The third-order valence-electron chi connectivity index (χ3n) is 2.37. The second kappa shape index (κ2) is 5.90. The highest BCUT2D eigenvalue weighted by molar-refractivity contribution is 5.81. The SMILES string of the molecule is CC1=CC=C(N(C)C(=O)CNC=O)C=CC1. The van der Waals surface area contributed by atoms with Gasteiger partial charge in [-0.25, -0.2) is 0 Å². The van der Waals surface area contributed by atoms with E-state index in [1.165, 1.54) is 10.5 Å². The van der Waals surface area contributed by atoms with E-state index in [1.54, 1.807) is 7.05 Å². The van der Waals surface area contributed by atoms with Crippen LogP contribution in [0.2, 0.25) is 0 Å². The predicted octanol–water partition coefficient (Wildman–Crippen LogP) is 0.981. The van der Waals surface area contributed by atoms with Crippen molar-refractivity contribution >= 4 is 12.3 Å². The minimum absolute atomic E-state index is 0.0217. The van der Waals surface area contributed by atoms with Crippen molar-refractivity contribution in [2.24, 2.45) is 0 Å². The van der Waals surface area contributed by atoms with Crippen molar-refractivity contribution in [3.63, 3.8) is 0 Å². The number of carbonyl (C=O) groups is 2. The Morgan fingerprint density at radius 1 is 1.56 bits per heavy atom. The number of nitrogens with one attached hydrogen (secondary N) is 1. The molecule has 0 saturated heterocycles. The van der Waals surface area contributed by atoms with E-state index >= 15 is 0 Å². The van der Waals surface area contributed by atoms with Gasteiger partial charge in [0, 0.05) is 12.7 Å². The molecule has 0 radical (unpaired) electrons. The van der Waals surface area contributed by atoms with Crippen LogP contribution in [0, 0.1) is 0 Å². The summed E-state index contributed by atoms with van der Waals surface area (Å²) in [5.74, 6) is -0.143. The minimum Gasteiger partial charge on any atom is -0.350 e. The fourth-order valence-electron chi connectivity index (χ4n) is 1.33. The van der Waals surface area contributed by atoms with Gasteiger partial charge in [-0.1, -0.05) is 17.7 Å². The standard InChI is InChI=1S/C12H16N2O2/c1-10-4-3-5-11(7-6-10)14(2)12(16)8-13-9-15/h3,5-7,9H,4,8H2,1-2H3,(H,13,15). The average molecular weight is 220 g/mol. The van der Waals surface area contributed by atoms with Gasteiger partial charge in [0.2, 0.25) is 12.3 Å². The Balaban J connectivity index is 2.69. The molecule has 1 N–H and O–H groups in total. The molecule has 0 spiro atoms. The number of amides is 2. The molecule has 4 nitrogen and oxygen atoms in total. The van der Waals surface area contributed by atoms with Gasteiger partial charge in [-0.05, 0) is 25.5 Å². The Kier molecular flexibility index (Phi) is 4.51. The fraction of sp³-hybridized carbons (Fsp3) is 0.333. The molecule has 1 aliphatic carbocycles. The molecule has 0 aromatic rings. The molecular weight excluding hydrogens is 204 g/mol. The van der Waals surface area contributed by atoms with Gasteiger partial charge in [0.25, 0.3) is 0 Å². The third kappa shape index (κ3) is 3.38. The highest BCUT2D eigenvalue weighted by Gasteiger charge is 2.10. The maximum Gasteiger partial charge on any atom is 0.246 e. The van der Waals surface area contributed by atoms with E-state index in [-0.39, 0.29) is 12.5 Å². The molecule has 0 unspecified atom stereocenters. The van der Waals surface area contributed by atoms with Gasteiger partial charge in [0.1, 0.15) is 0 Å². The van der Waals surface area contributed by atoms with Crippen molar-refractivity contribution in [2.75, 3.05) is 13.6 Å². The van der Waals surface area contributed by atoms with Crippen LogP contribution in [0.1, 0.15) is 13.3 Å². The Labute approximate surface area is 95.3 Å². The van der Waals surface area contributed by atoms with Crippen LogP contribution in [0.5, 0.6) is 0 Å². The van der Waals surface area contributed by atoms with Crippen LogP contribution < -0.4 is 5.32 Å². The average Bonchev–Trinajstić information content (AvgIpc) is 2.50. The summed E-state index contributed by atoms with van der Waals surface area (Å²) in [4.78, 5) is 23.2. The predicted molar refractivity (Wildman–Crippen MR) is 62.4 cm³/mol. The minimum atomic E-state index is -0.143. The van der Waals surface area contributed by atoms with E-state index < -0.39 is 0 Å². The molecule has 0 bridgehead atoms. The normalized spacial score (nSPS) is 14.6. The fourth-order valence-corrected chi connectivity index (χ4v) is 1.33. The van der Waals surface area contributed by atoms with Crippen LogP contribution in [0.15, 0.2) is 35.6 Å². The largest absolute Gasteiger partial charge is 0.350 e. The quantitative estimate of drug-likeness (QED) is 0.718. The molecule has 0 aliphatic heterocycles. The van der Waals surface area contributed by atoms with Crippen molar-refractivity contribution in [3.8, 4) is 0 Å². The molecule has 1 aliphatic rings. The number of hydrogen-bond acceptors (Lipinski definition) is 2. The second-order valence-corrected chi connectivity index (χ2v) is 3.66. The van der Waals surface area contributed by atoms with E-state index in [4.69, 9.17) is 0 Å². The lowest BCUT2D eigenvalue weighted by atomic mass is 10.2. The molecule has 4 heteroatoms. The van der Waals surface area contributed by atoms with Crippen LogP contribution in [-0.4, -0.2) is 30.8 Å². The Morgan fingerprint density at radius 2 is 2.31 bits per heavy atom. The molecule has 2 amide bonds. The summed E-state index contributed by atoms with van der Waals surface area (Å²) in [5, 5.41) is 2.35. The summed E-state index contributed by atoms with van der Waals surface area (Å²) in [5.41, 5.74) is 2.08. The second-order valence-electron chi connectivity index (χ2n) is 3.66. The lowest BCUT2D eigenvalue weighted by molar-refractivity contribution is -0.128. The Morgan fingerprint density at radius 3 is 3.00 bits per heavy atom. The summed E-state index contributed by atoms with van der Waals surface area (Å²) >= 11 is 0. The van der Waals surface area contributed by atoms with E-state index in [0.717, 1.165) is 12.1 Å². The molecule has 0 heterocycles. The van der Waals surface area contributed by atoms with Gasteiger partial charge < -0.3 is 10.2 Å². The van der Waals surface area contributed by atoms with Crippen molar-refractivity contribution < 1.29 is 9.59 Å². The summed E-state index contributed by atoms with van der Waals surface area (Å²) in [7, 11) is 1.69. The van der Waals surface area contributed by atoms with E-state index in [1.807, 2.05) is 31.2 Å². The van der Waals surface area contributed by atoms with Gasteiger partial charge in [-0.3, -0.25) is 9.59 Å². The zero-order valence-corrected chi connectivity index (χ0v) is 9.56. The smallest absolute Gasteiger partial charge is 0.246 e. The van der Waals surface area contributed by atoms with E-state index in [0.29, 0.717) is 6.41 Å². The molecule has 1 rings (SSSR count). The first kappa shape index (κ1) is 12.2. The summed E-state index contributed by atoms with van der Waals surface area (Å²) in [6.45, 7) is 2.06. The van der Waals surface area contributed by atoms with Gasteiger partial charge in [0.15, 0.2) is 0 Å². The first-order valence-corrected chi connectivity index (χ1v) is 5.12. The summed E-state index contributed by atoms with van der Waals surface area (Å²) in [6, 6.07) is 0. The highest BCUT2D eigenvalue weighted by Crippen LogP contribution is 2.12. The maximum absolute atomic E-state index is 11.6.